The number of hydrogen-bond acceptors (Lipinski definition) is 3. The van der Waals surface area contributed by atoms with Gasteiger partial charge in [0.15, 0.2) is 0 Å². The van der Waals surface area contributed by atoms with Crippen molar-refractivity contribution in [1.29, 1.82) is 0 Å². The highest BCUT2D eigenvalue weighted by molar-refractivity contribution is 5.95. The minimum atomic E-state index is -0.0537. The highest BCUT2D eigenvalue weighted by Crippen LogP contribution is 2.22. The molecule has 1 atom stereocenters. The summed E-state index contributed by atoms with van der Waals surface area (Å²) in [6.45, 7) is 6.80. The summed E-state index contributed by atoms with van der Waals surface area (Å²) in [4.78, 5) is 13.6. The molecule has 21 heavy (non-hydrogen) atoms. The molecule has 1 heterocycles. The molecule has 1 aliphatic rings. The van der Waals surface area contributed by atoms with Crippen molar-refractivity contribution in [1.82, 2.24) is 5.32 Å². The zero-order chi connectivity index (χ0) is 15.3. The van der Waals surface area contributed by atoms with Gasteiger partial charge >= 0.3 is 0 Å². The standard InChI is InChI=1S/C17H26N2O2/c1-3-17(2,13-20)12-18-11-14-6-8-15(9-7-14)19-10-4-5-16(19)21/h6-9,18,20H,3-5,10-13H2,1-2H3. The average Bonchev–Trinajstić information content (AvgIpc) is 2.94. The van der Waals surface area contributed by atoms with Crippen molar-refractivity contribution < 1.29 is 9.90 Å². The zero-order valence-corrected chi connectivity index (χ0v) is 13.1. The number of aliphatic hydroxyl groups excluding tert-OH is 1. The molecule has 4 heteroatoms. The number of anilines is 1. The van der Waals surface area contributed by atoms with Gasteiger partial charge in [-0.3, -0.25) is 4.79 Å². The molecule has 1 saturated heterocycles. The van der Waals surface area contributed by atoms with E-state index < -0.39 is 0 Å². The molecule has 2 rings (SSSR count). The second-order valence-corrected chi connectivity index (χ2v) is 6.24. The summed E-state index contributed by atoms with van der Waals surface area (Å²) >= 11 is 0. The van der Waals surface area contributed by atoms with Gasteiger partial charge in [-0.05, 0) is 30.5 Å². The lowest BCUT2D eigenvalue weighted by molar-refractivity contribution is -0.117. The lowest BCUT2D eigenvalue weighted by Gasteiger charge is -2.26. The number of benzene rings is 1. The topological polar surface area (TPSA) is 52.6 Å². The van der Waals surface area contributed by atoms with E-state index in [9.17, 15) is 9.90 Å². The Kier molecular flexibility index (Phi) is 5.37. The van der Waals surface area contributed by atoms with Crippen LogP contribution in [0.1, 0.15) is 38.7 Å². The first-order valence-corrected chi connectivity index (χ1v) is 7.79. The van der Waals surface area contributed by atoms with Crippen LogP contribution < -0.4 is 10.2 Å². The smallest absolute Gasteiger partial charge is 0.227 e. The van der Waals surface area contributed by atoms with E-state index in [1.807, 2.05) is 17.0 Å². The molecule has 1 amide bonds. The van der Waals surface area contributed by atoms with Crippen LogP contribution in [0.2, 0.25) is 0 Å². The van der Waals surface area contributed by atoms with E-state index in [1.54, 1.807) is 0 Å². The van der Waals surface area contributed by atoms with Gasteiger partial charge in [-0.15, -0.1) is 0 Å². The van der Waals surface area contributed by atoms with Crippen LogP contribution in [0.15, 0.2) is 24.3 Å². The molecule has 1 aromatic rings. The Morgan fingerprint density at radius 1 is 1.33 bits per heavy atom. The molecular weight excluding hydrogens is 264 g/mol. The largest absolute Gasteiger partial charge is 0.396 e. The molecule has 116 valence electrons. The second-order valence-electron chi connectivity index (χ2n) is 6.24. The molecule has 1 unspecified atom stereocenters. The maximum Gasteiger partial charge on any atom is 0.227 e. The molecule has 0 aromatic heterocycles. The van der Waals surface area contributed by atoms with Crippen molar-refractivity contribution in [3.05, 3.63) is 29.8 Å². The van der Waals surface area contributed by atoms with Crippen LogP contribution in [0.5, 0.6) is 0 Å². The fourth-order valence-electron chi connectivity index (χ4n) is 2.52. The van der Waals surface area contributed by atoms with Gasteiger partial charge in [-0.25, -0.2) is 0 Å². The quantitative estimate of drug-likeness (QED) is 0.810. The molecule has 1 fully saturated rings. The van der Waals surface area contributed by atoms with Gasteiger partial charge in [0.05, 0.1) is 0 Å². The number of carbonyl (C=O) groups excluding carboxylic acids is 1. The van der Waals surface area contributed by atoms with Gasteiger partial charge in [-0.2, -0.15) is 0 Å². The molecular formula is C17H26N2O2. The van der Waals surface area contributed by atoms with Crippen LogP contribution >= 0.6 is 0 Å². The molecule has 1 aliphatic heterocycles. The Morgan fingerprint density at radius 3 is 2.57 bits per heavy atom. The summed E-state index contributed by atoms with van der Waals surface area (Å²) in [5, 5.41) is 12.8. The summed E-state index contributed by atoms with van der Waals surface area (Å²) in [5.74, 6) is 0.225. The predicted octanol–water partition coefficient (Wildman–Crippen LogP) is 2.31. The number of nitrogens with one attached hydrogen (secondary N) is 1. The lowest BCUT2D eigenvalue weighted by atomic mass is 9.88. The van der Waals surface area contributed by atoms with E-state index in [4.69, 9.17) is 0 Å². The van der Waals surface area contributed by atoms with Gasteiger partial charge < -0.3 is 15.3 Å². The van der Waals surface area contributed by atoms with Gasteiger partial charge in [0.2, 0.25) is 5.91 Å². The number of amides is 1. The minimum Gasteiger partial charge on any atom is -0.396 e. The Morgan fingerprint density at radius 2 is 2.05 bits per heavy atom. The van der Waals surface area contributed by atoms with Crippen molar-refractivity contribution in [3.8, 4) is 0 Å². The van der Waals surface area contributed by atoms with Crippen LogP contribution in [0.25, 0.3) is 0 Å². The van der Waals surface area contributed by atoms with E-state index in [0.29, 0.717) is 6.42 Å². The fourth-order valence-corrected chi connectivity index (χ4v) is 2.52. The van der Waals surface area contributed by atoms with Crippen molar-refractivity contribution in [2.75, 3.05) is 24.6 Å². The molecule has 4 nitrogen and oxygen atoms in total. The summed E-state index contributed by atoms with van der Waals surface area (Å²) in [5.41, 5.74) is 2.14. The van der Waals surface area contributed by atoms with E-state index in [0.717, 1.165) is 38.2 Å². The highest BCUT2D eigenvalue weighted by Gasteiger charge is 2.22. The maximum absolute atomic E-state index is 11.7. The van der Waals surface area contributed by atoms with Gasteiger partial charge in [0.25, 0.3) is 0 Å². The summed E-state index contributed by atoms with van der Waals surface area (Å²) in [6, 6.07) is 8.17. The van der Waals surface area contributed by atoms with Crippen LogP contribution in [0.3, 0.4) is 0 Å². The number of rotatable bonds is 7. The van der Waals surface area contributed by atoms with Crippen LogP contribution in [-0.4, -0.2) is 30.7 Å². The second kappa shape index (κ2) is 7.05. The zero-order valence-electron chi connectivity index (χ0n) is 13.1. The Balaban J connectivity index is 1.87. The normalized spacial score (nSPS) is 18.0. The molecule has 0 aliphatic carbocycles. The number of hydrogen-bond donors (Lipinski definition) is 2. The maximum atomic E-state index is 11.7. The Hall–Kier alpha value is -1.39. The molecule has 0 radical (unpaired) electrons. The average molecular weight is 290 g/mol. The van der Waals surface area contributed by atoms with Crippen LogP contribution in [0, 0.1) is 5.41 Å². The first-order valence-electron chi connectivity index (χ1n) is 7.79. The number of nitrogens with zero attached hydrogens (tertiary/aromatic N) is 1. The molecule has 0 saturated carbocycles. The molecule has 0 spiro atoms. The van der Waals surface area contributed by atoms with Crippen LogP contribution in [0.4, 0.5) is 5.69 Å². The SMILES string of the molecule is CCC(C)(CO)CNCc1ccc(N2CCCC2=O)cc1. The summed E-state index contributed by atoms with van der Waals surface area (Å²) in [7, 11) is 0. The monoisotopic (exact) mass is 290 g/mol. The molecule has 2 N–H and O–H groups in total. The Labute approximate surface area is 127 Å². The van der Waals surface area contributed by atoms with Crippen LogP contribution in [-0.2, 0) is 11.3 Å². The van der Waals surface area contributed by atoms with Crippen molar-refractivity contribution in [3.63, 3.8) is 0 Å². The van der Waals surface area contributed by atoms with Gasteiger partial charge in [0.1, 0.15) is 0 Å². The minimum absolute atomic E-state index is 0.0537. The first kappa shape index (κ1) is 16.0. The van der Waals surface area contributed by atoms with Crippen molar-refractivity contribution in [2.45, 2.75) is 39.7 Å². The van der Waals surface area contributed by atoms with Gasteiger partial charge in [-0.1, -0.05) is 26.0 Å². The van der Waals surface area contributed by atoms with E-state index in [1.165, 1.54) is 5.56 Å². The van der Waals surface area contributed by atoms with E-state index in [2.05, 4.69) is 31.3 Å². The third-order valence-electron chi connectivity index (χ3n) is 4.44. The number of carbonyl (C=O) groups is 1. The third-order valence-corrected chi connectivity index (χ3v) is 4.44. The lowest BCUT2D eigenvalue weighted by Crippen LogP contribution is -2.34. The fraction of sp³-hybridized carbons (Fsp3) is 0.588. The van der Waals surface area contributed by atoms with E-state index in [-0.39, 0.29) is 17.9 Å². The van der Waals surface area contributed by atoms with Crippen molar-refractivity contribution in [2.24, 2.45) is 5.41 Å². The van der Waals surface area contributed by atoms with Crippen molar-refractivity contribution >= 4 is 11.6 Å². The highest BCUT2D eigenvalue weighted by atomic mass is 16.3. The number of aliphatic hydroxyl groups is 1. The predicted molar refractivity (Wildman–Crippen MR) is 85.2 cm³/mol. The Bertz CT molecular complexity index is 466. The first-order chi connectivity index (χ1) is 10.1. The third kappa shape index (κ3) is 4.05. The molecule has 1 aromatic carbocycles. The van der Waals surface area contributed by atoms with E-state index >= 15 is 0 Å². The molecule has 0 bridgehead atoms. The van der Waals surface area contributed by atoms with Gasteiger partial charge in [0, 0.05) is 43.8 Å². The summed E-state index contributed by atoms with van der Waals surface area (Å²) in [6.07, 6.45) is 2.57. The summed E-state index contributed by atoms with van der Waals surface area (Å²) < 4.78 is 0.